The average Bonchev–Trinajstić information content (AvgIpc) is 2.44. The summed E-state index contributed by atoms with van der Waals surface area (Å²) in [5.74, 6) is -4.06. The van der Waals surface area contributed by atoms with E-state index in [-0.39, 0.29) is 19.8 Å². The Morgan fingerprint density at radius 1 is 0.773 bits per heavy atom. The fourth-order valence-corrected chi connectivity index (χ4v) is 1.61. The minimum Gasteiger partial charge on any atom is -0.465 e. The largest absolute Gasteiger partial charge is 0.465 e. The Morgan fingerprint density at radius 3 is 1.32 bits per heavy atom. The van der Waals surface area contributed by atoms with Crippen LogP contribution in [0.5, 0.6) is 0 Å². The molecular formula is C14H23NO7. The molecule has 22 heavy (non-hydrogen) atoms. The van der Waals surface area contributed by atoms with Crippen LogP contribution >= 0.6 is 0 Å². The summed E-state index contributed by atoms with van der Waals surface area (Å²) in [6.07, 6.45) is -0.712. The second-order valence-corrected chi connectivity index (χ2v) is 4.53. The van der Waals surface area contributed by atoms with Crippen LogP contribution in [-0.2, 0) is 33.4 Å². The van der Waals surface area contributed by atoms with E-state index < -0.39 is 35.7 Å². The number of carbonyl (C=O) groups is 4. The number of hydrogen-bond donors (Lipinski definition) is 0. The van der Waals surface area contributed by atoms with Crippen molar-refractivity contribution in [1.29, 1.82) is 0 Å². The van der Waals surface area contributed by atoms with Gasteiger partial charge in [-0.25, -0.2) is 0 Å². The molecule has 0 aliphatic rings. The van der Waals surface area contributed by atoms with E-state index in [9.17, 15) is 19.2 Å². The fraction of sp³-hybridized carbons (Fsp3) is 0.714. The summed E-state index contributed by atoms with van der Waals surface area (Å²) in [5.41, 5.74) is -2.44. The molecule has 126 valence electrons. The Bertz CT molecular complexity index is 385. The van der Waals surface area contributed by atoms with E-state index in [0.29, 0.717) is 0 Å². The smallest absolute Gasteiger partial charge is 0.335 e. The maximum Gasteiger partial charge on any atom is 0.335 e. The van der Waals surface area contributed by atoms with Crippen LogP contribution in [0.4, 0.5) is 0 Å². The molecule has 8 nitrogen and oxygen atoms in total. The minimum absolute atomic E-state index is 0.0600. The number of ether oxygens (including phenoxy) is 3. The Kier molecular flexibility index (Phi) is 8.14. The molecular weight excluding hydrogens is 294 g/mol. The van der Waals surface area contributed by atoms with Gasteiger partial charge in [-0.3, -0.25) is 19.2 Å². The van der Waals surface area contributed by atoms with Gasteiger partial charge in [-0.05, 0) is 20.8 Å². The van der Waals surface area contributed by atoms with Gasteiger partial charge in [-0.15, -0.1) is 0 Å². The van der Waals surface area contributed by atoms with Crippen LogP contribution in [0.1, 0.15) is 27.2 Å². The van der Waals surface area contributed by atoms with Gasteiger partial charge in [0.05, 0.1) is 26.2 Å². The summed E-state index contributed by atoms with van der Waals surface area (Å²) in [7, 11) is 2.88. The quantitative estimate of drug-likeness (QED) is 0.357. The molecule has 0 fully saturated rings. The zero-order valence-electron chi connectivity index (χ0n) is 13.6. The second-order valence-electron chi connectivity index (χ2n) is 4.53. The molecule has 0 rings (SSSR count). The molecule has 1 amide bonds. The summed E-state index contributed by atoms with van der Waals surface area (Å²) >= 11 is 0. The first-order valence-corrected chi connectivity index (χ1v) is 6.99. The van der Waals surface area contributed by atoms with Crippen LogP contribution in [-0.4, -0.2) is 62.6 Å². The highest BCUT2D eigenvalue weighted by Crippen LogP contribution is 2.29. The monoisotopic (exact) mass is 317 g/mol. The van der Waals surface area contributed by atoms with Crippen LogP contribution in [0, 0.1) is 5.41 Å². The van der Waals surface area contributed by atoms with Crippen molar-refractivity contribution in [3.05, 3.63) is 0 Å². The van der Waals surface area contributed by atoms with E-state index in [2.05, 4.69) is 0 Å². The van der Waals surface area contributed by atoms with Crippen molar-refractivity contribution in [3.63, 3.8) is 0 Å². The lowest BCUT2D eigenvalue weighted by Crippen LogP contribution is -2.52. The van der Waals surface area contributed by atoms with Crippen LogP contribution < -0.4 is 0 Å². The van der Waals surface area contributed by atoms with E-state index in [1.54, 1.807) is 0 Å². The number of rotatable bonds is 8. The average molecular weight is 317 g/mol. The predicted octanol–water partition coefficient (Wildman–Crippen LogP) is 0.140. The number of carbonyl (C=O) groups excluding carboxylic acids is 4. The lowest BCUT2D eigenvalue weighted by Gasteiger charge is -2.27. The Balaban J connectivity index is 5.89. The van der Waals surface area contributed by atoms with Gasteiger partial charge < -0.3 is 19.1 Å². The van der Waals surface area contributed by atoms with Gasteiger partial charge in [0.1, 0.15) is 0 Å². The molecule has 0 saturated heterocycles. The first kappa shape index (κ1) is 19.9. The van der Waals surface area contributed by atoms with Crippen LogP contribution in [0.3, 0.4) is 0 Å². The van der Waals surface area contributed by atoms with Crippen molar-refractivity contribution in [3.8, 4) is 0 Å². The summed E-state index contributed by atoms with van der Waals surface area (Å²) in [6, 6.07) is 0. The maximum absolute atomic E-state index is 12.3. The van der Waals surface area contributed by atoms with Gasteiger partial charge >= 0.3 is 17.9 Å². The zero-order valence-corrected chi connectivity index (χ0v) is 13.6. The second kappa shape index (κ2) is 9.01. The SMILES string of the molecule is CCOC(=O)C(CC(=O)N(C)C)(C(=O)OCC)C(=O)OCC. The van der Waals surface area contributed by atoms with Gasteiger partial charge in [-0.2, -0.15) is 0 Å². The molecule has 0 saturated carbocycles. The van der Waals surface area contributed by atoms with Crippen molar-refractivity contribution in [1.82, 2.24) is 4.90 Å². The standard InChI is InChI=1S/C14H23NO7/c1-6-20-11(17)14(12(18)21-7-2,13(19)22-8-3)9-10(16)15(4)5/h6-9H2,1-5H3. The maximum atomic E-state index is 12.3. The zero-order chi connectivity index (χ0) is 17.3. The van der Waals surface area contributed by atoms with Crippen molar-refractivity contribution < 1.29 is 33.4 Å². The molecule has 0 aromatic rings. The van der Waals surface area contributed by atoms with Crippen molar-refractivity contribution in [2.45, 2.75) is 27.2 Å². The Hall–Kier alpha value is -2.12. The Morgan fingerprint density at radius 2 is 1.09 bits per heavy atom. The van der Waals surface area contributed by atoms with Crippen molar-refractivity contribution in [2.75, 3.05) is 33.9 Å². The van der Waals surface area contributed by atoms with Gasteiger partial charge in [0.15, 0.2) is 0 Å². The summed E-state index contributed by atoms with van der Waals surface area (Å²) in [4.78, 5) is 49.9. The highest BCUT2D eigenvalue weighted by molar-refractivity contribution is 6.20. The third-order valence-corrected chi connectivity index (χ3v) is 2.79. The van der Waals surface area contributed by atoms with Gasteiger partial charge in [0, 0.05) is 14.1 Å². The molecule has 0 aliphatic carbocycles. The normalized spacial score (nSPS) is 10.6. The topological polar surface area (TPSA) is 99.2 Å². The summed E-state index contributed by atoms with van der Waals surface area (Å²) < 4.78 is 14.4. The van der Waals surface area contributed by atoms with E-state index in [0.717, 1.165) is 4.90 Å². The predicted molar refractivity (Wildman–Crippen MR) is 75.6 cm³/mol. The molecule has 0 heterocycles. The third-order valence-electron chi connectivity index (χ3n) is 2.79. The molecule has 0 atom stereocenters. The first-order chi connectivity index (χ1) is 10.3. The van der Waals surface area contributed by atoms with Crippen molar-refractivity contribution in [2.24, 2.45) is 5.41 Å². The van der Waals surface area contributed by atoms with E-state index >= 15 is 0 Å². The molecule has 0 aliphatic heterocycles. The molecule has 0 aromatic heterocycles. The lowest BCUT2D eigenvalue weighted by molar-refractivity contribution is -0.186. The van der Waals surface area contributed by atoms with E-state index in [4.69, 9.17) is 14.2 Å². The number of hydrogen-bond acceptors (Lipinski definition) is 7. The Labute approximate surface area is 129 Å². The summed E-state index contributed by atoms with van der Waals surface area (Å²) in [5, 5.41) is 0. The highest BCUT2D eigenvalue weighted by atomic mass is 16.6. The number of nitrogens with zero attached hydrogens (tertiary/aromatic N) is 1. The highest BCUT2D eigenvalue weighted by Gasteiger charge is 2.59. The number of esters is 3. The fourth-order valence-electron chi connectivity index (χ4n) is 1.61. The minimum atomic E-state index is -2.44. The van der Waals surface area contributed by atoms with Gasteiger partial charge in [0.2, 0.25) is 5.91 Å². The molecule has 0 bridgehead atoms. The van der Waals surface area contributed by atoms with Gasteiger partial charge in [-0.1, -0.05) is 0 Å². The molecule has 8 heteroatoms. The molecule has 0 spiro atoms. The molecule has 0 radical (unpaired) electrons. The number of amides is 1. The van der Waals surface area contributed by atoms with Gasteiger partial charge in [0.25, 0.3) is 5.41 Å². The van der Waals surface area contributed by atoms with Crippen LogP contribution in [0.15, 0.2) is 0 Å². The summed E-state index contributed by atoms with van der Waals surface area (Å²) in [6.45, 7) is 4.38. The molecule has 0 N–H and O–H groups in total. The van der Waals surface area contributed by atoms with Crippen molar-refractivity contribution >= 4 is 23.8 Å². The third kappa shape index (κ3) is 4.44. The first-order valence-electron chi connectivity index (χ1n) is 6.99. The van der Waals surface area contributed by atoms with Crippen LogP contribution in [0.25, 0.3) is 0 Å². The molecule has 0 aromatic carbocycles. The lowest BCUT2D eigenvalue weighted by atomic mass is 9.83. The van der Waals surface area contributed by atoms with Crippen LogP contribution in [0.2, 0.25) is 0 Å². The van der Waals surface area contributed by atoms with E-state index in [1.807, 2.05) is 0 Å². The molecule has 0 unspecified atom stereocenters. The van der Waals surface area contributed by atoms with E-state index in [1.165, 1.54) is 34.9 Å².